The molecular weight excluding hydrogens is 351 g/mol. The minimum atomic E-state index is 0.152. The molecule has 0 aromatic heterocycles. The largest absolute Gasteiger partial charge is 0.336 e. The quantitative estimate of drug-likeness (QED) is 0.812. The van der Waals surface area contributed by atoms with Crippen molar-refractivity contribution in [2.75, 3.05) is 13.1 Å². The molecule has 0 radical (unpaired) electrons. The van der Waals surface area contributed by atoms with Gasteiger partial charge >= 0.3 is 0 Å². The van der Waals surface area contributed by atoms with Gasteiger partial charge in [0.15, 0.2) is 0 Å². The van der Waals surface area contributed by atoms with Gasteiger partial charge < -0.3 is 10.6 Å². The maximum absolute atomic E-state index is 12.7. The number of halogens is 1. The number of hydrogen-bond acceptors (Lipinski definition) is 2. The van der Waals surface area contributed by atoms with Crippen LogP contribution >= 0.6 is 22.6 Å². The number of hydrogen-bond donors (Lipinski definition) is 1. The summed E-state index contributed by atoms with van der Waals surface area (Å²) in [5, 5.41) is 0. The van der Waals surface area contributed by atoms with Crippen molar-refractivity contribution in [2.24, 2.45) is 11.7 Å². The number of nitrogens with zero attached hydrogens (tertiary/aromatic N) is 1. The van der Waals surface area contributed by atoms with Crippen molar-refractivity contribution < 1.29 is 4.79 Å². The maximum atomic E-state index is 12.7. The summed E-state index contributed by atoms with van der Waals surface area (Å²) in [6.07, 6.45) is 2.18. The number of rotatable bonds is 2. The number of carbonyl (C=O) groups excluding carboxylic acids is 1. The molecule has 2 atom stereocenters. The Morgan fingerprint density at radius 3 is 2.89 bits per heavy atom. The van der Waals surface area contributed by atoms with Crippen molar-refractivity contribution in [1.29, 1.82) is 0 Å². The lowest BCUT2D eigenvalue weighted by Gasteiger charge is -2.38. The number of aryl methyl sites for hydroxylation is 1. The van der Waals surface area contributed by atoms with Crippen molar-refractivity contribution in [3.8, 4) is 0 Å². The second-order valence-electron chi connectivity index (χ2n) is 5.42. The molecule has 1 saturated heterocycles. The number of nitrogens with two attached hydrogens (primary N) is 1. The average Bonchev–Trinajstić information content (AvgIpc) is 2.42. The van der Waals surface area contributed by atoms with E-state index in [2.05, 4.69) is 29.5 Å². The first kappa shape index (κ1) is 14.8. The first-order valence-corrected chi connectivity index (χ1v) is 7.88. The Bertz CT molecular complexity index is 475. The van der Waals surface area contributed by atoms with Crippen molar-refractivity contribution in [2.45, 2.75) is 32.7 Å². The van der Waals surface area contributed by atoms with Gasteiger partial charge in [0, 0.05) is 16.2 Å². The van der Waals surface area contributed by atoms with Gasteiger partial charge in [-0.1, -0.05) is 12.1 Å². The highest BCUT2D eigenvalue weighted by atomic mass is 127. The van der Waals surface area contributed by atoms with Crippen LogP contribution in [-0.2, 0) is 0 Å². The molecular formula is C15H21IN2O. The molecule has 1 amide bonds. The topological polar surface area (TPSA) is 46.3 Å². The van der Waals surface area contributed by atoms with Crippen LogP contribution in [0.25, 0.3) is 0 Å². The Hall–Kier alpha value is -0.620. The number of amides is 1. The van der Waals surface area contributed by atoms with E-state index in [9.17, 15) is 4.79 Å². The number of piperidine rings is 1. The molecule has 0 bridgehead atoms. The standard InChI is InChI=1S/C15H21IN2O/c1-10-4-3-5-13(14(10)16)15(19)18-9-12(8-17)7-6-11(18)2/h3-5,11-12H,6-9,17H2,1-2H3. The van der Waals surface area contributed by atoms with E-state index in [1.807, 2.05) is 30.0 Å². The van der Waals surface area contributed by atoms with Gasteiger partial charge in [-0.2, -0.15) is 0 Å². The second-order valence-corrected chi connectivity index (χ2v) is 6.50. The molecule has 2 N–H and O–H groups in total. The van der Waals surface area contributed by atoms with Crippen LogP contribution in [0.4, 0.5) is 0 Å². The number of benzene rings is 1. The summed E-state index contributed by atoms with van der Waals surface area (Å²) in [4.78, 5) is 14.7. The van der Waals surface area contributed by atoms with E-state index >= 15 is 0 Å². The Balaban J connectivity index is 2.24. The summed E-state index contributed by atoms with van der Waals surface area (Å²) >= 11 is 2.27. The first-order chi connectivity index (χ1) is 9.04. The van der Waals surface area contributed by atoms with Gasteiger partial charge in [0.1, 0.15) is 0 Å². The lowest BCUT2D eigenvalue weighted by atomic mass is 9.93. The Labute approximate surface area is 128 Å². The van der Waals surface area contributed by atoms with Gasteiger partial charge in [-0.05, 0) is 73.4 Å². The molecule has 1 fully saturated rings. The molecule has 0 aliphatic carbocycles. The van der Waals surface area contributed by atoms with E-state index in [0.29, 0.717) is 18.5 Å². The van der Waals surface area contributed by atoms with E-state index < -0.39 is 0 Å². The monoisotopic (exact) mass is 372 g/mol. The van der Waals surface area contributed by atoms with Crippen LogP contribution in [0.2, 0.25) is 0 Å². The van der Waals surface area contributed by atoms with Gasteiger partial charge in [-0.3, -0.25) is 4.79 Å². The molecule has 1 aliphatic rings. The third-order valence-corrected chi connectivity index (χ3v) is 5.43. The fraction of sp³-hybridized carbons (Fsp3) is 0.533. The van der Waals surface area contributed by atoms with Crippen LogP contribution in [0.1, 0.15) is 35.7 Å². The fourth-order valence-corrected chi connectivity index (χ4v) is 3.22. The summed E-state index contributed by atoms with van der Waals surface area (Å²) in [5.74, 6) is 0.598. The summed E-state index contributed by atoms with van der Waals surface area (Å²) in [7, 11) is 0. The zero-order valence-electron chi connectivity index (χ0n) is 11.5. The molecule has 0 spiro atoms. The minimum absolute atomic E-state index is 0.152. The molecule has 1 aromatic rings. The molecule has 0 saturated carbocycles. The van der Waals surface area contributed by atoms with Crippen LogP contribution < -0.4 is 5.73 Å². The van der Waals surface area contributed by atoms with Crippen LogP contribution in [0.15, 0.2) is 18.2 Å². The highest BCUT2D eigenvalue weighted by molar-refractivity contribution is 14.1. The van der Waals surface area contributed by atoms with E-state index in [1.165, 1.54) is 0 Å². The number of carbonyl (C=O) groups is 1. The van der Waals surface area contributed by atoms with E-state index in [1.54, 1.807) is 0 Å². The zero-order valence-corrected chi connectivity index (χ0v) is 13.7. The fourth-order valence-electron chi connectivity index (χ4n) is 2.62. The zero-order chi connectivity index (χ0) is 14.0. The lowest BCUT2D eigenvalue weighted by molar-refractivity contribution is 0.0565. The van der Waals surface area contributed by atoms with Gasteiger partial charge in [-0.25, -0.2) is 0 Å². The van der Waals surface area contributed by atoms with Gasteiger partial charge in [-0.15, -0.1) is 0 Å². The minimum Gasteiger partial charge on any atom is -0.336 e. The highest BCUT2D eigenvalue weighted by Crippen LogP contribution is 2.25. The molecule has 3 nitrogen and oxygen atoms in total. The summed E-state index contributed by atoms with van der Waals surface area (Å²) in [6.45, 7) is 5.64. The third kappa shape index (κ3) is 3.11. The summed E-state index contributed by atoms with van der Waals surface area (Å²) in [5.41, 5.74) is 7.75. The molecule has 1 heterocycles. The second kappa shape index (κ2) is 6.22. The molecule has 104 valence electrons. The van der Waals surface area contributed by atoms with Crippen LogP contribution in [-0.4, -0.2) is 29.9 Å². The van der Waals surface area contributed by atoms with Crippen molar-refractivity contribution >= 4 is 28.5 Å². The van der Waals surface area contributed by atoms with Crippen molar-refractivity contribution in [3.05, 3.63) is 32.9 Å². The van der Waals surface area contributed by atoms with E-state index in [0.717, 1.165) is 34.1 Å². The molecule has 19 heavy (non-hydrogen) atoms. The maximum Gasteiger partial charge on any atom is 0.255 e. The van der Waals surface area contributed by atoms with Crippen LogP contribution in [0, 0.1) is 16.4 Å². The predicted octanol–water partition coefficient (Wildman–Crippen LogP) is 2.80. The lowest BCUT2D eigenvalue weighted by Crippen LogP contribution is -2.47. The first-order valence-electron chi connectivity index (χ1n) is 6.80. The van der Waals surface area contributed by atoms with Gasteiger partial charge in [0.2, 0.25) is 0 Å². The summed E-state index contributed by atoms with van der Waals surface area (Å²) in [6, 6.07) is 6.24. The van der Waals surface area contributed by atoms with E-state index in [4.69, 9.17) is 5.73 Å². The molecule has 1 aliphatic heterocycles. The van der Waals surface area contributed by atoms with Crippen molar-refractivity contribution in [1.82, 2.24) is 4.90 Å². The normalized spacial score (nSPS) is 23.5. The SMILES string of the molecule is Cc1cccc(C(=O)N2CC(CN)CCC2C)c1I. The number of likely N-dealkylation sites (tertiary alicyclic amines) is 1. The Morgan fingerprint density at radius 1 is 1.47 bits per heavy atom. The van der Waals surface area contributed by atoms with Crippen LogP contribution in [0.3, 0.4) is 0 Å². The Kier molecular flexibility index (Phi) is 4.84. The van der Waals surface area contributed by atoms with Crippen LogP contribution in [0.5, 0.6) is 0 Å². The van der Waals surface area contributed by atoms with Crippen molar-refractivity contribution in [3.63, 3.8) is 0 Å². The molecule has 2 unspecified atom stereocenters. The average molecular weight is 372 g/mol. The molecule has 1 aromatic carbocycles. The smallest absolute Gasteiger partial charge is 0.255 e. The Morgan fingerprint density at radius 2 is 2.21 bits per heavy atom. The van der Waals surface area contributed by atoms with Gasteiger partial charge in [0.05, 0.1) is 5.56 Å². The summed E-state index contributed by atoms with van der Waals surface area (Å²) < 4.78 is 1.06. The third-order valence-electron chi connectivity index (χ3n) is 4.00. The molecule has 4 heteroatoms. The van der Waals surface area contributed by atoms with Gasteiger partial charge in [0.25, 0.3) is 5.91 Å². The van der Waals surface area contributed by atoms with E-state index in [-0.39, 0.29) is 5.91 Å². The molecule has 2 rings (SSSR count). The highest BCUT2D eigenvalue weighted by Gasteiger charge is 2.29. The predicted molar refractivity (Wildman–Crippen MR) is 86.2 cm³/mol.